The van der Waals surface area contributed by atoms with E-state index in [4.69, 9.17) is 0 Å². The van der Waals surface area contributed by atoms with Crippen molar-refractivity contribution in [3.63, 3.8) is 0 Å². The smallest absolute Gasteiger partial charge is 0.320 e. The molecule has 120 valence electrons. The topological polar surface area (TPSA) is 20.2 Å². The minimum absolute atomic E-state index is 0.439. The van der Waals surface area contributed by atoms with Crippen LogP contribution in [-0.4, -0.2) is 11.9 Å². The Balaban J connectivity index is 2.27. The van der Waals surface area contributed by atoms with Crippen LogP contribution < -0.4 is 5.46 Å². The quantitative estimate of drug-likeness (QED) is 0.614. The van der Waals surface area contributed by atoms with Crippen LogP contribution in [-0.2, 0) is 0 Å². The van der Waals surface area contributed by atoms with E-state index in [2.05, 4.69) is 82.3 Å². The standard InChI is InChI=1S/C21H27BO/c1-15(2)19-10-8-17(9-11-19)6-7-18-12-20(16(3)4)14-21(13-18)22(5)23/h6-16,23H,1-5H3/b7-6+. The molecule has 2 heteroatoms. The highest BCUT2D eigenvalue weighted by molar-refractivity contribution is 6.64. The summed E-state index contributed by atoms with van der Waals surface area (Å²) in [6.07, 6.45) is 4.26. The van der Waals surface area contributed by atoms with E-state index in [1.165, 1.54) is 16.7 Å². The van der Waals surface area contributed by atoms with Crippen LogP contribution in [0.1, 0.15) is 61.8 Å². The number of hydrogen-bond donors (Lipinski definition) is 1. The van der Waals surface area contributed by atoms with Crippen molar-refractivity contribution in [1.29, 1.82) is 0 Å². The van der Waals surface area contributed by atoms with E-state index >= 15 is 0 Å². The van der Waals surface area contributed by atoms with Crippen molar-refractivity contribution in [2.45, 2.75) is 46.4 Å². The lowest BCUT2D eigenvalue weighted by Crippen LogP contribution is -2.26. The Morgan fingerprint density at radius 1 is 0.783 bits per heavy atom. The molecular formula is C21H27BO. The Morgan fingerprint density at radius 3 is 1.87 bits per heavy atom. The van der Waals surface area contributed by atoms with Gasteiger partial charge in [0, 0.05) is 0 Å². The average Bonchev–Trinajstić information content (AvgIpc) is 2.52. The molecule has 0 aliphatic rings. The molecule has 0 amide bonds. The Labute approximate surface area is 141 Å². The maximum atomic E-state index is 9.90. The first-order valence-corrected chi connectivity index (χ1v) is 8.48. The first-order valence-electron chi connectivity index (χ1n) is 8.48. The summed E-state index contributed by atoms with van der Waals surface area (Å²) < 4.78 is 0. The predicted molar refractivity (Wildman–Crippen MR) is 103 cm³/mol. The number of benzene rings is 2. The van der Waals surface area contributed by atoms with Gasteiger partial charge in [-0.15, -0.1) is 0 Å². The van der Waals surface area contributed by atoms with Crippen molar-refractivity contribution in [3.05, 3.63) is 64.7 Å². The monoisotopic (exact) mass is 306 g/mol. The highest BCUT2D eigenvalue weighted by Gasteiger charge is 2.10. The fourth-order valence-electron chi connectivity index (χ4n) is 2.56. The molecule has 0 saturated heterocycles. The van der Waals surface area contributed by atoms with Crippen molar-refractivity contribution in [3.8, 4) is 0 Å². The second-order valence-electron chi connectivity index (χ2n) is 6.92. The highest BCUT2D eigenvalue weighted by atomic mass is 16.2. The van der Waals surface area contributed by atoms with Gasteiger partial charge in [0.05, 0.1) is 0 Å². The molecule has 0 unspecified atom stereocenters. The molecule has 2 aromatic rings. The normalized spacial score (nSPS) is 11.7. The molecule has 0 aliphatic heterocycles. The lowest BCUT2D eigenvalue weighted by molar-refractivity contribution is 0.594. The summed E-state index contributed by atoms with van der Waals surface area (Å²) in [6.45, 7) is 10.2. The average molecular weight is 306 g/mol. The van der Waals surface area contributed by atoms with Crippen molar-refractivity contribution >= 4 is 24.5 Å². The van der Waals surface area contributed by atoms with Crippen LogP contribution in [0.15, 0.2) is 42.5 Å². The molecule has 2 aromatic carbocycles. The van der Waals surface area contributed by atoms with Crippen molar-refractivity contribution in [1.82, 2.24) is 0 Å². The van der Waals surface area contributed by atoms with Crippen LogP contribution in [0.4, 0.5) is 0 Å². The van der Waals surface area contributed by atoms with Gasteiger partial charge < -0.3 is 5.02 Å². The molecule has 0 aliphatic carbocycles. The van der Waals surface area contributed by atoms with Crippen LogP contribution in [0, 0.1) is 0 Å². The van der Waals surface area contributed by atoms with Gasteiger partial charge in [-0.1, -0.05) is 89.1 Å². The minimum atomic E-state index is -0.439. The predicted octanol–water partition coefficient (Wildman–Crippen LogP) is 4.92. The summed E-state index contributed by atoms with van der Waals surface area (Å²) in [5.74, 6) is 1.01. The Kier molecular flexibility index (Phi) is 5.84. The summed E-state index contributed by atoms with van der Waals surface area (Å²) in [4.78, 5) is 0. The molecular weight excluding hydrogens is 279 g/mol. The summed E-state index contributed by atoms with van der Waals surface area (Å²) in [7, 11) is 0. The van der Waals surface area contributed by atoms with E-state index < -0.39 is 6.92 Å². The van der Waals surface area contributed by atoms with E-state index in [-0.39, 0.29) is 0 Å². The zero-order valence-corrected chi connectivity index (χ0v) is 14.9. The third-order valence-electron chi connectivity index (χ3n) is 4.22. The van der Waals surface area contributed by atoms with E-state index in [0.29, 0.717) is 11.8 Å². The van der Waals surface area contributed by atoms with Crippen LogP contribution in [0.2, 0.25) is 6.82 Å². The molecule has 0 saturated carbocycles. The number of hydrogen-bond acceptors (Lipinski definition) is 1. The molecule has 1 N–H and O–H groups in total. The van der Waals surface area contributed by atoms with Gasteiger partial charge in [0.1, 0.15) is 0 Å². The Morgan fingerprint density at radius 2 is 1.35 bits per heavy atom. The van der Waals surface area contributed by atoms with Gasteiger partial charge in [0.2, 0.25) is 0 Å². The van der Waals surface area contributed by atoms with E-state index in [1.807, 2.05) is 6.82 Å². The van der Waals surface area contributed by atoms with Gasteiger partial charge in [0.25, 0.3) is 0 Å². The maximum absolute atomic E-state index is 9.90. The summed E-state index contributed by atoms with van der Waals surface area (Å²) in [5.41, 5.74) is 5.94. The molecule has 0 heterocycles. The molecule has 0 spiro atoms. The molecule has 0 atom stereocenters. The van der Waals surface area contributed by atoms with Gasteiger partial charge in [-0.05, 0) is 39.6 Å². The first kappa shape index (κ1) is 17.6. The number of rotatable bonds is 5. The molecule has 0 fully saturated rings. The third kappa shape index (κ3) is 4.84. The zero-order valence-electron chi connectivity index (χ0n) is 14.9. The van der Waals surface area contributed by atoms with E-state index in [1.54, 1.807) is 0 Å². The second-order valence-corrected chi connectivity index (χ2v) is 6.92. The van der Waals surface area contributed by atoms with Gasteiger partial charge in [-0.25, -0.2) is 0 Å². The zero-order chi connectivity index (χ0) is 17.0. The molecule has 2 rings (SSSR count). The highest BCUT2D eigenvalue weighted by Crippen LogP contribution is 2.18. The first-order chi connectivity index (χ1) is 10.9. The van der Waals surface area contributed by atoms with Gasteiger partial charge in [-0.2, -0.15) is 0 Å². The van der Waals surface area contributed by atoms with E-state index in [0.717, 1.165) is 11.0 Å². The van der Waals surface area contributed by atoms with Crippen LogP contribution >= 0.6 is 0 Å². The minimum Gasteiger partial charge on any atom is -0.447 e. The maximum Gasteiger partial charge on any atom is 0.320 e. The molecule has 0 bridgehead atoms. The van der Waals surface area contributed by atoms with Gasteiger partial charge in [0.15, 0.2) is 0 Å². The lowest BCUT2D eigenvalue weighted by atomic mass is 9.63. The van der Waals surface area contributed by atoms with Gasteiger partial charge in [-0.3, -0.25) is 0 Å². The summed E-state index contributed by atoms with van der Waals surface area (Å²) >= 11 is 0. The largest absolute Gasteiger partial charge is 0.447 e. The van der Waals surface area contributed by atoms with Crippen molar-refractivity contribution in [2.24, 2.45) is 0 Å². The third-order valence-corrected chi connectivity index (χ3v) is 4.22. The van der Waals surface area contributed by atoms with Crippen LogP contribution in [0.3, 0.4) is 0 Å². The molecule has 1 nitrogen and oxygen atoms in total. The van der Waals surface area contributed by atoms with Crippen molar-refractivity contribution < 1.29 is 5.02 Å². The van der Waals surface area contributed by atoms with Crippen molar-refractivity contribution in [2.75, 3.05) is 0 Å². The van der Waals surface area contributed by atoms with E-state index in [9.17, 15) is 5.02 Å². The fraction of sp³-hybridized carbons (Fsp3) is 0.333. The van der Waals surface area contributed by atoms with Gasteiger partial charge >= 0.3 is 6.92 Å². The Bertz CT molecular complexity index is 640. The molecule has 23 heavy (non-hydrogen) atoms. The van der Waals surface area contributed by atoms with Crippen LogP contribution in [0.25, 0.3) is 12.2 Å². The molecule has 0 aromatic heterocycles. The summed E-state index contributed by atoms with van der Waals surface area (Å²) in [6, 6.07) is 15.1. The SMILES string of the molecule is CB(O)c1cc(/C=C/c2ccc(C(C)C)cc2)cc(C(C)C)c1. The summed E-state index contributed by atoms with van der Waals surface area (Å²) in [5, 5.41) is 9.90. The molecule has 0 radical (unpaired) electrons. The lowest BCUT2D eigenvalue weighted by Gasteiger charge is -2.11. The van der Waals surface area contributed by atoms with Crippen LogP contribution in [0.5, 0.6) is 0 Å². The fourth-order valence-corrected chi connectivity index (χ4v) is 2.56. The Hall–Kier alpha value is -1.80. The second kappa shape index (κ2) is 7.65.